The van der Waals surface area contributed by atoms with Crippen LogP contribution in [0.1, 0.15) is 26.3 Å². The minimum Gasteiger partial charge on any atom is -0.479 e. The molecule has 0 amide bonds. The molecule has 2 aromatic rings. The zero-order valence-corrected chi connectivity index (χ0v) is 10.5. The van der Waals surface area contributed by atoms with Gasteiger partial charge in [0.25, 0.3) is 5.88 Å². The van der Waals surface area contributed by atoms with Gasteiger partial charge in [0.15, 0.2) is 5.82 Å². The predicted octanol–water partition coefficient (Wildman–Crippen LogP) is 3.68. The van der Waals surface area contributed by atoms with Gasteiger partial charge in [-0.25, -0.2) is 9.37 Å². The largest absolute Gasteiger partial charge is 0.479 e. The van der Waals surface area contributed by atoms with Crippen LogP contribution in [0.15, 0.2) is 24.3 Å². The second kappa shape index (κ2) is 3.99. The third kappa shape index (κ3) is 2.09. The highest BCUT2D eigenvalue weighted by Gasteiger charge is 2.19. The minimum atomic E-state index is -0.425. The summed E-state index contributed by atoms with van der Waals surface area (Å²) in [6.45, 7) is 6.33. The third-order valence-electron chi connectivity index (χ3n) is 2.77. The van der Waals surface area contributed by atoms with E-state index < -0.39 is 5.82 Å². The van der Waals surface area contributed by atoms with Crippen molar-refractivity contribution in [3.8, 4) is 5.88 Å². The first-order valence-electron chi connectivity index (χ1n) is 5.57. The van der Waals surface area contributed by atoms with Crippen LogP contribution >= 0.6 is 0 Å². The van der Waals surface area contributed by atoms with Crippen molar-refractivity contribution >= 4 is 10.9 Å². The van der Waals surface area contributed by atoms with Gasteiger partial charge in [-0.3, -0.25) is 0 Å². The summed E-state index contributed by atoms with van der Waals surface area (Å²) in [4.78, 5) is 4.26. The zero-order valence-electron chi connectivity index (χ0n) is 10.5. The van der Waals surface area contributed by atoms with E-state index in [1.54, 1.807) is 0 Å². The van der Waals surface area contributed by atoms with Crippen molar-refractivity contribution < 1.29 is 9.13 Å². The van der Waals surface area contributed by atoms with E-state index in [4.69, 9.17) is 4.74 Å². The van der Waals surface area contributed by atoms with Gasteiger partial charge in [-0.2, -0.15) is 0 Å². The molecule has 3 heteroatoms. The van der Waals surface area contributed by atoms with Crippen LogP contribution in [0.3, 0.4) is 0 Å². The smallest absolute Gasteiger partial charge is 0.250 e. The predicted molar refractivity (Wildman–Crippen MR) is 67.0 cm³/mol. The molecule has 1 aromatic heterocycles. The molecule has 0 aliphatic heterocycles. The Morgan fingerprint density at radius 3 is 2.53 bits per heavy atom. The average molecular weight is 234 g/mol. The number of nitrogens with zero attached hydrogens (tertiary/aromatic N) is 1. The van der Waals surface area contributed by atoms with Crippen molar-refractivity contribution in [2.75, 3.05) is 7.11 Å². The van der Waals surface area contributed by atoms with Gasteiger partial charge in [-0.05, 0) is 17.0 Å². The number of pyridine rings is 1. The molecule has 0 fully saturated rings. The zero-order chi connectivity index (χ0) is 12.6. The van der Waals surface area contributed by atoms with E-state index in [1.807, 2.05) is 18.2 Å². The van der Waals surface area contributed by atoms with E-state index in [1.165, 1.54) is 13.2 Å². The molecule has 0 N–H and O–H groups in total. The molecule has 0 atom stereocenters. The van der Waals surface area contributed by atoms with Gasteiger partial charge >= 0.3 is 0 Å². The number of ether oxygens (including phenoxy) is 1. The molecule has 1 aromatic carbocycles. The molecule has 17 heavy (non-hydrogen) atoms. The molecule has 0 saturated carbocycles. The number of hydrogen-bond acceptors (Lipinski definition) is 2. The Morgan fingerprint density at radius 1 is 1.24 bits per heavy atom. The van der Waals surface area contributed by atoms with Crippen LogP contribution in [-0.2, 0) is 5.41 Å². The highest BCUT2D eigenvalue weighted by atomic mass is 19.1. The Labute approximate surface area is 100 Å². The summed E-state index contributed by atoms with van der Waals surface area (Å²) in [5.74, 6) is -0.375. The molecule has 0 unspecified atom stereocenters. The van der Waals surface area contributed by atoms with Crippen molar-refractivity contribution in [2.45, 2.75) is 26.2 Å². The van der Waals surface area contributed by atoms with Crippen LogP contribution in [-0.4, -0.2) is 12.1 Å². The van der Waals surface area contributed by atoms with Crippen LogP contribution < -0.4 is 4.74 Å². The van der Waals surface area contributed by atoms with Gasteiger partial charge in [-0.15, -0.1) is 0 Å². The van der Waals surface area contributed by atoms with Gasteiger partial charge in [0.1, 0.15) is 0 Å². The number of fused-ring (bicyclic) bond motifs is 1. The van der Waals surface area contributed by atoms with E-state index in [2.05, 4.69) is 25.8 Å². The first-order valence-corrected chi connectivity index (χ1v) is 5.57. The van der Waals surface area contributed by atoms with Crippen molar-refractivity contribution in [2.24, 2.45) is 0 Å². The molecule has 0 radical (unpaired) electrons. The number of hydrogen-bond donors (Lipinski definition) is 0. The maximum atomic E-state index is 13.6. The molecular weight excluding hydrogens is 218 g/mol. The normalized spacial score (nSPS) is 11.8. The van der Waals surface area contributed by atoms with Crippen molar-refractivity contribution in [1.29, 1.82) is 0 Å². The maximum Gasteiger partial charge on any atom is 0.250 e. The van der Waals surface area contributed by atoms with Gasteiger partial charge in [0.2, 0.25) is 0 Å². The molecule has 0 aliphatic rings. The average Bonchev–Trinajstić information content (AvgIpc) is 2.25. The maximum absolute atomic E-state index is 13.6. The van der Waals surface area contributed by atoms with Crippen LogP contribution in [0.4, 0.5) is 4.39 Å². The molecule has 0 saturated heterocycles. The lowest BCUT2D eigenvalue weighted by Crippen LogP contribution is -2.12. The molecule has 0 aliphatic carbocycles. The quantitative estimate of drug-likeness (QED) is 0.751. The second-order valence-corrected chi connectivity index (χ2v) is 5.11. The summed E-state index contributed by atoms with van der Waals surface area (Å²) in [6.07, 6.45) is 0. The number of halogens is 1. The lowest BCUT2D eigenvalue weighted by Gasteiger charge is -2.20. The van der Waals surface area contributed by atoms with Gasteiger partial charge < -0.3 is 4.74 Å². The molecular formula is C14H16FNO. The number of rotatable bonds is 1. The lowest BCUT2D eigenvalue weighted by molar-refractivity contribution is 0.371. The van der Waals surface area contributed by atoms with Crippen LogP contribution in [0.5, 0.6) is 5.88 Å². The number of methoxy groups -OCH3 is 1. The molecule has 1 heterocycles. The molecule has 2 nitrogen and oxygen atoms in total. The van der Waals surface area contributed by atoms with Crippen molar-refractivity contribution in [3.05, 3.63) is 35.6 Å². The summed E-state index contributed by atoms with van der Waals surface area (Å²) in [5, 5.41) is 0.802. The Hall–Kier alpha value is -1.64. The fourth-order valence-corrected chi connectivity index (χ4v) is 1.90. The summed E-state index contributed by atoms with van der Waals surface area (Å²) in [6, 6.07) is 7.28. The van der Waals surface area contributed by atoms with E-state index in [0.29, 0.717) is 0 Å². The third-order valence-corrected chi connectivity index (χ3v) is 2.77. The summed E-state index contributed by atoms with van der Waals surface area (Å²) < 4.78 is 18.5. The first kappa shape index (κ1) is 11.8. The summed E-state index contributed by atoms with van der Waals surface area (Å²) in [7, 11) is 1.43. The summed E-state index contributed by atoms with van der Waals surface area (Å²) in [5.41, 5.74) is 1.86. The number of aromatic nitrogens is 1. The Morgan fingerprint density at radius 2 is 1.94 bits per heavy atom. The van der Waals surface area contributed by atoms with Crippen LogP contribution in [0, 0.1) is 5.82 Å². The highest BCUT2D eigenvalue weighted by Crippen LogP contribution is 2.30. The van der Waals surface area contributed by atoms with Crippen molar-refractivity contribution in [1.82, 2.24) is 4.98 Å². The Balaban J connectivity index is 2.79. The molecule has 0 bridgehead atoms. The highest BCUT2D eigenvalue weighted by molar-refractivity contribution is 5.83. The SMILES string of the molecule is CO[13c]1nc2c(C(C)(C)C)cccc2cc1F. The Bertz CT molecular complexity index is 558. The monoisotopic (exact) mass is 234 g/mol. The number of benzene rings is 1. The fourth-order valence-electron chi connectivity index (χ4n) is 1.90. The minimum absolute atomic E-state index is 0.0324. The van der Waals surface area contributed by atoms with Gasteiger partial charge in [0, 0.05) is 5.39 Å². The van der Waals surface area contributed by atoms with Gasteiger partial charge in [-0.1, -0.05) is 39.0 Å². The van der Waals surface area contributed by atoms with E-state index >= 15 is 0 Å². The lowest BCUT2D eigenvalue weighted by atomic mass is 9.85. The summed E-state index contributed by atoms with van der Waals surface area (Å²) >= 11 is 0. The number of para-hydroxylation sites is 1. The van der Waals surface area contributed by atoms with E-state index in [9.17, 15) is 4.39 Å². The Kier molecular flexibility index (Phi) is 2.77. The second-order valence-electron chi connectivity index (χ2n) is 5.11. The fraction of sp³-hybridized carbons (Fsp3) is 0.357. The van der Waals surface area contributed by atoms with E-state index in [0.717, 1.165) is 16.5 Å². The van der Waals surface area contributed by atoms with Crippen LogP contribution in [0.2, 0.25) is 0 Å². The molecule has 0 spiro atoms. The standard InChI is InChI=1S/C14H16FNO/c1-14(2,3)10-7-5-6-9-8-11(15)13(17-4)16-12(9)10/h5-8H,1-4H3/i13+1. The molecule has 90 valence electrons. The van der Waals surface area contributed by atoms with Crippen molar-refractivity contribution in [3.63, 3.8) is 0 Å². The van der Waals surface area contributed by atoms with Gasteiger partial charge in [0.05, 0.1) is 12.6 Å². The molecule has 2 rings (SSSR count). The van der Waals surface area contributed by atoms with E-state index in [-0.39, 0.29) is 11.3 Å². The first-order chi connectivity index (χ1) is 7.93. The topological polar surface area (TPSA) is 22.1 Å². The van der Waals surface area contributed by atoms with Crippen LogP contribution in [0.25, 0.3) is 10.9 Å².